The molecule has 1 aromatic rings. The van der Waals surface area contributed by atoms with Gasteiger partial charge in [0.25, 0.3) is 0 Å². The number of nitrogens with one attached hydrogen (secondary N) is 1. The maximum Gasteiger partial charge on any atom is 0.247 e. The van der Waals surface area contributed by atoms with Crippen LogP contribution in [0.2, 0.25) is 0 Å². The molecule has 1 aliphatic carbocycles. The Morgan fingerprint density at radius 1 is 1.10 bits per heavy atom. The third-order valence-corrected chi connectivity index (χ3v) is 5.52. The van der Waals surface area contributed by atoms with Gasteiger partial charge in [0.15, 0.2) is 0 Å². The Morgan fingerprint density at radius 2 is 1.72 bits per heavy atom. The number of ether oxygens (including phenoxy) is 2. The fraction of sp³-hybridized carbons (Fsp3) is 0.500. The number of anilines is 1. The summed E-state index contributed by atoms with van der Waals surface area (Å²) in [7, 11) is 3.05. The molecule has 3 amide bonds. The largest absolute Gasteiger partial charge is 0.497 e. The number of carbonyl (C=O) groups is 3. The zero-order chi connectivity index (χ0) is 21.1. The highest BCUT2D eigenvalue weighted by Crippen LogP contribution is 2.37. The van der Waals surface area contributed by atoms with Crippen molar-refractivity contribution in [1.82, 2.24) is 4.90 Å². The third-order valence-electron chi connectivity index (χ3n) is 5.52. The number of fused-ring (bicyclic) bond motifs is 1. The summed E-state index contributed by atoms with van der Waals surface area (Å²) >= 11 is 0. The van der Waals surface area contributed by atoms with Crippen LogP contribution in [-0.4, -0.2) is 42.9 Å². The van der Waals surface area contributed by atoms with E-state index in [0.717, 1.165) is 0 Å². The van der Waals surface area contributed by atoms with Gasteiger partial charge in [0.1, 0.15) is 17.5 Å². The number of imide groups is 1. The van der Waals surface area contributed by atoms with Gasteiger partial charge in [0, 0.05) is 6.07 Å². The molecular formula is C22H28N2O5. The number of allylic oxidation sites excluding steroid dienone is 2. The number of hydrogen-bond donors (Lipinski definition) is 1. The summed E-state index contributed by atoms with van der Waals surface area (Å²) in [5, 5.41) is 2.84. The fourth-order valence-corrected chi connectivity index (χ4v) is 4.03. The van der Waals surface area contributed by atoms with E-state index in [0.29, 0.717) is 36.4 Å². The van der Waals surface area contributed by atoms with Gasteiger partial charge in [-0.15, -0.1) is 0 Å². The Labute approximate surface area is 171 Å². The number of nitrogens with zero attached hydrogens (tertiary/aromatic N) is 1. The van der Waals surface area contributed by atoms with Gasteiger partial charge in [-0.2, -0.15) is 0 Å². The smallest absolute Gasteiger partial charge is 0.247 e. The van der Waals surface area contributed by atoms with Crippen LogP contribution in [0.3, 0.4) is 0 Å². The van der Waals surface area contributed by atoms with Crippen molar-refractivity contribution in [3.8, 4) is 11.5 Å². The molecule has 0 radical (unpaired) electrons. The van der Waals surface area contributed by atoms with Crippen molar-refractivity contribution in [2.24, 2.45) is 17.8 Å². The Morgan fingerprint density at radius 3 is 2.24 bits per heavy atom. The number of carbonyl (C=O) groups excluding carboxylic acids is 3. The molecule has 0 aromatic heterocycles. The zero-order valence-electron chi connectivity index (χ0n) is 17.3. The minimum absolute atomic E-state index is 0.130. The lowest BCUT2D eigenvalue weighted by atomic mass is 9.85. The van der Waals surface area contributed by atoms with Gasteiger partial charge in [-0.1, -0.05) is 26.0 Å². The van der Waals surface area contributed by atoms with Crippen molar-refractivity contribution in [1.29, 1.82) is 0 Å². The normalized spacial score (nSPS) is 21.9. The molecule has 1 fully saturated rings. The predicted octanol–water partition coefficient (Wildman–Crippen LogP) is 3.01. The van der Waals surface area contributed by atoms with Gasteiger partial charge in [-0.3, -0.25) is 19.3 Å². The standard InChI is InChI=1S/C22H28N2O5/c1-13(2)11-18(24-21(26)15-7-5-6-8-16(15)22(24)27)20(25)23-17-10-9-14(28-3)12-19(17)29-4/h5-6,9-10,12-13,15-16,18H,7-8,11H2,1-4H3,(H,23,25)/t15-,16+,18-/m0/s1. The highest BCUT2D eigenvalue weighted by Gasteiger charge is 2.51. The topological polar surface area (TPSA) is 84.9 Å². The van der Waals surface area contributed by atoms with Gasteiger partial charge in [0.05, 0.1) is 31.7 Å². The Kier molecular flexibility index (Phi) is 6.25. The quantitative estimate of drug-likeness (QED) is 0.562. The molecule has 0 unspecified atom stereocenters. The molecule has 0 spiro atoms. The van der Waals surface area contributed by atoms with E-state index < -0.39 is 11.9 Å². The third kappa shape index (κ3) is 4.13. The van der Waals surface area contributed by atoms with Crippen LogP contribution in [0.25, 0.3) is 0 Å². The van der Waals surface area contributed by atoms with Gasteiger partial charge < -0.3 is 14.8 Å². The maximum absolute atomic E-state index is 13.2. The van der Waals surface area contributed by atoms with Crippen molar-refractivity contribution in [2.75, 3.05) is 19.5 Å². The van der Waals surface area contributed by atoms with Crippen LogP contribution in [0.4, 0.5) is 5.69 Å². The molecule has 3 atom stereocenters. The van der Waals surface area contributed by atoms with Crippen molar-refractivity contribution < 1.29 is 23.9 Å². The molecule has 156 valence electrons. The van der Waals surface area contributed by atoms with E-state index in [9.17, 15) is 14.4 Å². The maximum atomic E-state index is 13.2. The summed E-state index contributed by atoms with van der Waals surface area (Å²) in [6.45, 7) is 3.93. The molecule has 1 aliphatic heterocycles. The van der Waals surface area contributed by atoms with Crippen LogP contribution < -0.4 is 14.8 Å². The number of amides is 3. The lowest BCUT2D eigenvalue weighted by Crippen LogP contribution is -2.48. The molecule has 1 N–H and O–H groups in total. The summed E-state index contributed by atoms with van der Waals surface area (Å²) in [5.74, 6) is -0.423. The van der Waals surface area contributed by atoms with Crippen molar-refractivity contribution in [3.63, 3.8) is 0 Å². The fourth-order valence-electron chi connectivity index (χ4n) is 4.03. The first kappa shape index (κ1) is 20.9. The van der Waals surface area contributed by atoms with Crippen molar-refractivity contribution in [3.05, 3.63) is 30.4 Å². The lowest BCUT2D eigenvalue weighted by molar-refractivity contribution is -0.147. The first-order valence-corrected chi connectivity index (χ1v) is 9.92. The molecule has 0 saturated carbocycles. The molecule has 7 heteroatoms. The van der Waals surface area contributed by atoms with E-state index in [1.54, 1.807) is 25.3 Å². The number of hydrogen-bond acceptors (Lipinski definition) is 5. The van der Waals surface area contributed by atoms with Gasteiger partial charge in [-0.25, -0.2) is 0 Å². The van der Waals surface area contributed by atoms with E-state index in [4.69, 9.17) is 9.47 Å². The summed E-state index contributed by atoms with van der Waals surface area (Å²) in [5.41, 5.74) is 0.463. The van der Waals surface area contributed by atoms with E-state index >= 15 is 0 Å². The number of rotatable bonds is 7. The van der Waals surface area contributed by atoms with Gasteiger partial charge in [-0.05, 0) is 37.3 Å². The summed E-state index contributed by atoms with van der Waals surface area (Å²) in [6.07, 6.45) is 5.38. The Balaban J connectivity index is 1.86. The predicted molar refractivity (Wildman–Crippen MR) is 109 cm³/mol. The Hall–Kier alpha value is -2.83. The summed E-state index contributed by atoms with van der Waals surface area (Å²) < 4.78 is 10.5. The number of benzene rings is 1. The van der Waals surface area contributed by atoms with Gasteiger partial charge >= 0.3 is 0 Å². The molecular weight excluding hydrogens is 372 g/mol. The first-order chi connectivity index (χ1) is 13.9. The minimum Gasteiger partial charge on any atom is -0.497 e. The van der Waals surface area contributed by atoms with E-state index in [1.807, 2.05) is 26.0 Å². The minimum atomic E-state index is -0.854. The molecule has 0 bridgehead atoms. The second-order valence-electron chi connectivity index (χ2n) is 7.90. The molecule has 7 nitrogen and oxygen atoms in total. The van der Waals surface area contributed by atoms with E-state index in [-0.39, 0.29) is 29.6 Å². The molecule has 3 rings (SSSR count). The van der Waals surface area contributed by atoms with Crippen LogP contribution >= 0.6 is 0 Å². The van der Waals surface area contributed by atoms with Gasteiger partial charge in [0.2, 0.25) is 17.7 Å². The van der Waals surface area contributed by atoms with E-state index in [2.05, 4.69) is 5.32 Å². The second kappa shape index (κ2) is 8.68. The average molecular weight is 400 g/mol. The van der Waals surface area contributed by atoms with Crippen LogP contribution in [0, 0.1) is 17.8 Å². The molecule has 1 aromatic carbocycles. The van der Waals surface area contributed by atoms with Crippen LogP contribution in [0.15, 0.2) is 30.4 Å². The van der Waals surface area contributed by atoms with E-state index in [1.165, 1.54) is 12.0 Å². The Bertz CT molecular complexity index is 806. The first-order valence-electron chi connectivity index (χ1n) is 9.92. The molecule has 1 saturated heterocycles. The van der Waals surface area contributed by atoms with Crippen LogP contribution in [0.1, 0.15) is 33.1 Å². The van der Waals surface area contributed by atoms with Crippen molar-refractivity contribution >= 4 is 23.4 Å². The summed E-state index contributed by atoms with van der Waals surface area (Å²) in [4.78, 5) is 40.4. The van der Waals surface area contributed by atoms with Crippen molar-refractivity contribution in [2.45, 2.75) is 39.2 Å². The number of methoxy groups -OCH3 is 2. The van der Waals surface area contributed by atoms with Crippen LogP contribution in [-0.2, 0) is 14.4 Å². The number of likely N-dealkylation sites (tertiary alicyclic amines) is 1. The highest BCUT2D eigenvalue weighted by molar-refractivity contribution is 6.10. The lowest BCUT2D eigenvalue weighted by Gasteiger charge is -2.27. The summed E-state index contributed by atoms with van der Waals surface area (Å²) in [6, 6.07) is 4.20. The monoisotopic (exact) mass is 400 g/mol. The molecule has 2 aliphatic rings. The SMILES string of the molecule is COc1ccc(NC(=O)[C@H](CC(C)C)N2C(=O)[C@H]3CC=CC[C@H]3C2=O)c(OC)c1. The zero-order valence-corrected chi connectivity index (χ0v) is 17.3. The molecule has 1 heterocycles. The average Bonchev–Trinajstić information content (AvgIpc) is 2.97. The second-order valence-corrected chi connectivity index (χ2v) is 7.90. The molecule has 29 heavy (non-hydrogen) atoms. The highest BCUT2D eigenvalue weighted by atomic mass is 16.5. The van der Waals surface area contributed by atoms with Crippen LogP contribution in [0.5, 0.6) is 11.5 Å².